The zero-order valence-electron chi connectivity index (χ0n) is 12.7. The number of aliphatic hydroxyl groups is 1. The highest BCUT2D eigenvalue weighted by Gasteiger charge is 2.13. The van der Waals surface area contributed by atoms with E-state index in [-0.39, 0.29) is 19.1 Å². The van der Waals surface area contributed by atoms with Crippen molar-refractivity contribution in [3.63, 3.8) is 0 Å². The molecule has 6 heteroatoms. The van der Waals surface area contributed by atoms with Crippen LogP contribution in [0.5, 0.6) is 11.5 Å². The normalized spacial score (nSPS) is 12.2. The molecule has 0 heterocycles. The molecule has 0 aliphatic rings. The Kier molecular flexibility index (Phi) is 7.74. The molecule has 6 nitrogen and oxygen atoms in total. The average molecular weight is 297 g/mol. The van der Waals surface area contributed by atoms with E-state index in [0.717, 1.165) is 5.75 Å². The van der Waals surface area contributed by atoms with Gasteiger partial charge in [0.2, 0.25) is 0 Å². The van der Waals surface area contributed by atoms with Gasteiger partial charge in [0.15, 0.2) is 0 Å². The quantitative estimate of drug-likeness (QED) is 0.540. The summed E-state index contributed by atoms with van der Waals surface area (Å²) in [6, 6.07) is 6.86. The lowest BCUT2D eigenvalue weighted by molar-refractivity contribution is -0.135. The second kappa shape index (κ2) is 9.33. The number of carbonyl (C=O) groups excluding carboxylic acids is 1. The Morgan fingerprint density at radius 3 is 2.48 bits per heavy atom. The van der Waals surface area contributed by atoms with Crippen LogP contribution in [0.15, 0.2) is 24.3 Å². The smallest absolute Gasteiger partial charge is 0.325 e. The van der Waals surface area contributed by atoms with Crippen LogP contribution in [-0.2, 0) is 9.53 Å². The fourth-order valence-corrected chi connectivity index (χ4v) is 1.82. The van der Waals surface area contributed by atoms with Crippen molar-refractivity contribution in [1.82, 2.24) is 4.90 Å². The van der Waals surface area contributed by atoms with Gasteiger partial charge >= 0.3 is 5.97 Å². The molecule has 0 aliphatic carbocycles. The highest BCUT2D eigenvalue weighted by molar-refractivity contribution is 5.74. The third kappa shape index (κ3) is 7.08. The van der Waals surface area contributed by atoms with Crippen molar-refractivity contribution in [1.29, 1.82) is 0 Å². The molecule has 0 radical (unpaired) electrons. The van der Waals surface area contributed by atoms with Gasteiger partial charge < -0.3 is 19.3 Å². The molecular formula is C15H23NO5. The molecule has 0 aromatic heterocycles. The molecule has 0 aliphatic heterocycles. The lowest BCUT2D eigenvalue weighted by atomic mass is 10.3. The highest BCUT2D eigenvalue weighted by atomic mass is 16.5. The number of nitrogens with zero attached hydrogens (tertiary/aromatic N) is 1. The van der Waals surface area contributed by atoms with Crippen molar-refractivity contribution >= 4 is 5.97 Å². The van der Waals surface area contributed by atoms with Gasteiger partial charge in [-0.25, -0.2) is 0 Å². The number of esters is 1. The van der Waals surface area contributed by atoms with Crippen LogP contribution >= 0.6 is 0 Å². The number of likely N-dealkylation sites (N-methyl/N-ethyl adjacent to an activating group) is 1. The summed E-state index contributed by atoms with van der Waals surface area (Å²) in [4.78, 5) is 13.4. The average Bonchev–Trinajstić information content (AvgIpc) is 2.41. The molecule has 0 bridgehead atoms. The number of methoxy groups -OCH3 is 1. The summed E-state index contributed by atoms with van der Waals surface area (Å²) >= 11 is 0. The van der Waals surface area contributed by atoms with Crippen molar-refractivity contribution in [2.24, 2.45) is 0 Å². The van der Waals surface area contributed by atoms with E-state index < -0.39 is 6.10 Å². The van der Waals surface area contributed by atoms with E-state index in [2.05, 4.69) is 0 Å². The summed E-state index contributed by atoms with van der Waals surface area (Å²) in [5.74, 6) is 0.817. The summed E-state index contributed by atoms with van der Waals surface area (Å²) in [6.07, 6.45) is -0.627. The largest absolute Gasteiger partial charge is 0.494 e. The van der Waals surface area contributed by atoms with Crippen LogP contribution in [0.3, 0.4) is 0 Å². The first kappa shape index (κ1) is 17.4. The lowest BCUT2D eigenvalue weighted by Crippen LogP contribution is -2.36. The van der Waals surface area contributed by atoms with Gasteiger partial charge in [-0.05, 0) is 38.2 Å². The summed E-state index contributed by atoms with van der Waals surface area (Å²) < 4.78 is 15.4. The molecule has 1 N–H and O–H groups in total. The first-order valence-electron chi connectivity index (χ1n) is 6.84. The van der Waals surface area contributed by atoms with Gasteiger partial charge in [-0.2, -0.15) is 0 Å². The van der Waals surface area contributed by atoms with Crippen molar-refractivity contribution in [2.75, 3.05) is 40.5 Å². The van der Waals surface area contributed by atoms with E-state index in [1.165, 1.54) is 7.11 Å². The number of aliphatic hydroxyl groups excluding tert-OH is 1. The SMILES string of the molecule is CCOc1ccc(OC(=O)CN(C)CC(O)COC)cc1. The van der Waals surface area contributed by atoms with Crippen LogP contribution in [-0.4, -0.2) is 62.5 Å². The molecule has 0 spiro atoms. The minimum atomic E-state index is -0.627. The Balaban J connectivity index is 2.38. The lowest BCUT2D eigenvalue weighted by Gasteiger charge is -2.19. The molecule has 0 saturated heterocycles. The molecule has 1 aromatic rings. The fraction of sp³-hybridized carbons (Fsp3) is 0.533. The van der Waals surface area contributed by atoms with Crippen LogP contribution < -0.4 is 9.47 Å². The van der Waals surface area contributed by atoms with E-state index in [1.807, 2.05) is 6.92 Å². The standard InChI is InChI=1S/C15H23NO5/c1-4-20-13-5-7-14(8-6-13)21-15(18)10-16(2)9-12(17)11-19-3/h5-8,12,17H,4,9-11H2,1-3H3. The topological polar surface area (TPSA) is 68.2 Å². The molecule has 21 heavy (non-hydrogen) atoms. The predicted octanol–water partition coefficient (Wildman–Crippen LogP) is 0.930. The molecule has 0 amide bonds. The Bertz CT molecular complexity index is 421. The van der Waals surface area contributed by atoms with Crippen molar-refractivity contribution in [2.45, 2.75) is 13.0 Å². The highest BCUT2D eigenvalue weighted by Crippen LogP contribution is 2.17. The second-order valence-electron chi connectivity index (χ2n) is 4.68. The Morgan fingerprint density at radius 2 is 1.90 bits per heavy atom. The van der Waals surface area contributed by atoms with Gasteiger partial charge in [0, 0.05) is 13.7 Å². The fourth-order valence-electron chi connectivity index (χ4n) is 1.82. The van der Waals surface area contributed by atoms with Crippen molar-refractivity contribution in [3.05, 3.63) is 24.3 Å². The maximum absolute atomic E-state index is 11.8. The summed E-state index contributed by atoms with van der Waals surface area (Å²) in [5, 5.41) is 9.57. The molecule has 1 atom stereocenters. The van der Waals surface area contributed by atoms with Crippen LogP contribution in [0.1, 0.15) is 6.92 Å². The van der Waals surface area contributed by atoms with E-state index in [0.29, 0.717) is 18.9 Å². The van der Waals surface area contributed by atoms with Crippen molar-refractivity contribution in [3.8, 4) is 11.5 Å². The molecule has 1 rings (SSSR count). The zero-order chi connectivity index (χ0) is 15.7. The Labute approximate surface area is 125 Å². The first-order chi connectivity index (χ1) is 10.0. The van der Waals surface area contributed by atoms with Gasteiger partial charge in [-0.3, -0.25) is 9.69 Å². The zero-order valence-corrected chi connectivity index (χ0v) is 12.7. The number of carbonyl (C=O) groups is 1. The van der Waals surface area contributed by atoms with Gasteiger partial charge in [-0.1, -0.05) is 0 Å². The van der Waals surface area contributed by atoms with E-state index in [1.54, 1.807) is 36.2 Å². The van der Waals surface area contributed by atoms with E-state index in [4.69, 9.17) is 14.2 Å². The van der Waals surface area contributed by atoms with E-state index >= 15 is 0 Å². The summed E-state index contributed by atoms with van der Waals surface area (Å²) in [5.41, 5.74) is 0. The van der Waals surface area contributed by atoms with Crippen LogP contribution in [0.25, 0.3) is 0 Å². The molecule has 0 fully saturated rings. The maximum Gasteiger partial charge on any atom is 0.325 e. The van der Waals surface area contributed by atoms with Crippen molar-refractivity contribution < 1.29 is 24.1 Å². The van der Waals surface area contributed by atoms with Crippen LogP contribution in [0.2, 0.25) is 0 Å². The minimum absolute atomic E-state index is 0.0913. The minimum Gasteiger partial charge on any atom is -0.494 e. The van der Waals surface area contributed by atoms with Crippen LogP contribution in [0, 0.1) is 0 Å². The Morgan fingerprint density at radius 1 is 1.29 bits per heavy atom. The predicted molar refractivity (Wildman–Crippen MR) is 78.6 cm³/mol. The van der Waals surface area contributed by atoms with Gasteiger partial charge in [0.1, 0.15) is 11.5 Å². The number of benzene rings is 1. The summed E-state index contributed by atoms with van der Waals surface area (Å²) in [6.45, 7) is 3.16. The molecule has 0 saturated carbocycles. The molecule has 1 aromatic carbocycles. The van der Waals surface area contributed by atoms with Gasteiger partial charge in [0.25, 0.3) is 0 Å². The second-order valence-corrected chi connectivity index (χ2v) is 4.68. The third-order valence-electron chi connectivity index (χ3n) is 2.65. The summed E-state index contributed by atoms with van der Waals surface area (Å²) in [7, 11) is 3.25. The molecule has 1 unspecified atom stereocenters. The van der Waals surface area contributed by atoms with Gasteiger partial charge in [0.05, 0.1) is 25.9 Å². The van der Waals surface area contributed by atoms with E-state index in [9.17, 15) is 9.90 Å². The van der Waals surface area contributed by atoms with Crippen LogP contribution in [0.4, 0.5) is 0 Å². The first-order valence-corrected chi connectivity index (χ1v) is 6.84. The number of ether oxygens (including phenoxy) is 3. The number of hydrogen-bond donors (Lipinski definition) is 1. The Hall–Kier alpha value is -1.63. The maximum atomic E-state index is 11.8. The molecule has 118 valence electrons. The number of rotatable bonds is 9. The number of hydrogen-bond acceptors (Lipinski definition) is 6. The van der Waals surface area contributed by atoms with Gasteiger partial charge in [-0.15, -0.1) is 0 Å². The third-order valence-corrected chi connectivity index (χ3v) is 2.65. The molecular weight excluding hydrogens is 274 g/mol. The monoisotopic (exact) mass is 297 g/mol.